The van der Waals surface area contributed by atoms with Crippen LogP contribution in [0.5, 0.6) is 0 Å². The van der Waals surface area contributed by atoms with Crippen molar-refractivity contribution in [2.75, 3.05) is 51.9 Å². The number of benzene rings is 2. The molecular formula is C62H70Br2N16O6. The molecule has 2 saturated carbocycles. The topological polar surface area (TPSA) is 252 Å². The highest BCUT2D eigenvalue weighted by atomic mass is 79.9. The molecule has 448 valence electrons. The van der Waals surface area contributed by atoms with E-state index in [0.29, 0.717) is 67.1 Å². The quantitative estimate of drug-likeness (QED) is 0.0677. The molecule has 6 aromatic heterocycles. The Morgan fingerprint density at radius 2 is 0.919 bits per heavy atom. The van der Waals surface area contributed by atoms with Crippen molar-refractivity contribution in [3.8, 4) is 22.3 Å². The zero-order valence-electron chi connectivity index (χ0n) is 47.7. The number of nitrogens with zero attached hydrogens (tertiary/aromatic N) is 14. The van der Waals surface area contributed by atoms with Crippen molar-refractivity contribution >= 4 is 100 Å². The molecule has 0 unspecified atom stereocenters. The van der Waals surface area contributed by atoms with Crippen LogP contribution in [0.3, 0.4) is 0 Å². The fourth-order valence-corrected chi connectivity index (χ4v) is 13.2. The number of Topliss-reactive ketones (excluding diaryl/α,β-unsaturated/α-hetero) is 2. The summed E-state index contributed by atoms with van der Waals surface area (Å²) in [5.74, 6) is 0.826. The van der Waals surface area contributed by atoms with Gasteiger partial charge in [-0.15, -0.1) is 0 Å². The summed E-state index contributed by atoms with van der Waals surface area (Å²) in [4.78, 5) is 114. The van der Waals surface area contributed by atoms with Crippen LogP contribution in [0.15, 0.2) is 107 Å². The molecule has 4 fully saturated rings. The first-order valence-electron chi connectivity index (χ1n) is 27.5. The van der Waals surface area contributed by atoms with Crippen LogP contribution in [0.1, 0.15) is 87.0 Å². The molecule has 4 amide bonds. The number of aromatic nitrogens is 10. The summed E-state index contributed by atoms with van der Waals surface area (Å²) in [5, 5.41) is 16.2. The van der Waals surface area contributed by atoms with Crippen LogP contribution in [0.4, 0.5) is 11.6 Å². The van der Waals surface area contributed by atoms with Crippen LogP contribution in [0.2, 0.25) is 0 Å². The number of anilines is 2. The second-order valence-electron chi connectivity index (χ2n) is 23.0. The number of amides is 4. The normalized spacial score (nSPS) is 20.6. The van der Waals surface area contributed by atoms with Crippen LogP contribution >= 0.6 is 31.9 Å². The van der Waals surface area contributed by atoms with Crippen LogP contribution in [0, 0.1) is 24.7 Å². The summed E-state index contributed by atoms with van der Waals surface area (Å²) in [6.45, 7) is 7.95. The van der Waals surface area contributed by atoms with Gasteiger partial charge in [0.25, 0.3) is 0 Å². The Morgan fingerprint density at radius 1 is 0.547 bits per heavy atom. The lowest BCUT2D eigenvalue weighted by atomic mass is 9.98. The molecule has 2 aromatic carbocycles. The van der Waals surface area contributed by atoms with Gasteiger partial charge in [0, 0.05) is 96.5 Å². The summed E-state index contributed by atoms with van der Waals surface area (Å²) >= 11 is 6.68. The van der Waals surface area contributed by atoms with Crippen LogP contribution in [-0.4, -0.2) is 170 Å². The SMILES string of the molecule is C.C.CC(=O)c1nn(CC(=O)N2[C@H](C(=O)Nc3cccc(Br)n3)C[C@@]3(CN(C)C)C[C@@H]23)c2ccc(-c3cnc(C)nc3)cc12.CC(=O)c1nn(CC(=O)N2[C@H]3C[C@@]3(CN(C)C)C[C@H]2C(=O)Nc2cccc(Br)n2)c2ccc(-c3cnc(C)nc3)cc12. The van der Waals surface area contributed by atoms with Gasteiger partial charge in [-0.1, -0.05) is 39.1 Å². The maximum absolute atomic E-state index is 14.0. The van der Waals surface area contributed by atoms with Crippen molar-refractivity contribution < 1.29 is 28.8 Å². The van der Waals surface area contributed by atoms with E-state index < -0.39 is 12.1 Å². The number of likely N-dealkylation sites (tertiary alicyclic amines) is 2. The lowest BCUT2D eigenvalue weighted by Gasteiger charge is -2.27. The number of fused-ring (bicyclic) bond motifs is 4. The molecule has 12 rings (SSSR count). The first kappa shape index (κ1) is 62.5. The number of halogens is 2. The first-order valence-corrected chi connectivity index (χ1v) is 29.1. The highest BCUT2D eigenvalue weighted by Crippen LogP contribution is 2.61. The molecule has 24 heteroatoms. The van der Waals surface area contributed by atoms with Gasteiger partial charge in [-0.05, 0) is 159 Å². The number of piperidine rings is 2. The molecule has 6 atom stereocenters. The Balaban J connectivity index is 0.000000201. The number of ketones is 2. The Hall–Kier alpha value is -8.06. The molecule has 2 aliphatic heterocycles. The van der Waals surface area contributed by atoms with Crippen LogP contribution in [-0.2, 0) is 32.3 Å². The monoisotopic (exact) mass is 1290 g/mol. The van der Waals surface area contributed by atoms with Crippen molar-refractivity contribution in [2.45, 2.75) is 105 Å². The minimum absolute atomic E-state index is 0. The maximum Gasteiger partial charge on any atom is 0.248 e. The molecule has 0 bridgehead atoms. The molecule has 2 aliphatic carbocycles. The fourth-order valence-electron chi connectivity index (χ4n) is 12.5. The Bertz CT molecular complexity index is 3690. The summed E-state index contributed by atoms with van der Waals surface area (Å²) < 4.78 is 4.36. The van der Waals surface area contributed by atoms with Gasteiger partial charge in [-0.2, -0.15) is 10.2 Å². The van der Waals surface area contributed by atoms with E-state index in [4.69, 9.17) is 0 Å². The number of carbonyl (C=O) groups is 6. The molecule has 86 heavy (non-hydrogen) atoms. The average Bonchev–Trinajstić information content (AvgIpc) is 1.56. The zero-order valence-corrected chi connectivity index (χ0v) is 50.8. The molecule has 8 heterocycles. The van der Waals surface area contributed by atoms with E-state index in [-0.39, 0.29) is 97.4 Å². The highest BCUT2D eigenvalue weighted by Gasteiger charge is 2.68. The van der Waals surface area contributed by atoms with E-state index >= 15 is 0 Å². The number of aryl methyl sites for hydroxylation is 2. The predicted octanol–water partition coefficient (Wildman–Crippen LogP) is 8.72. The highest BCUT2D eigenvalue weighted by molar-refractivity contribution is 9.10. The van der Waals surface area contributed by atoms with Crippen molar-refractivity contribution in [1.82, 2.24) is 69.1 Å². The van der Waals surface area contributed by atoms with Gasteiger partial charge >= 0.3 is 0 Å². The van der Waals surface area contributed by atoms with E-state index in [9.17, 15) is 28.8 Å². The van der Waals surface area contributed by atoms with Gasteiger partial charge in [0.1, 0.15) is 69.1 Å². The molecule has 0 spiro atoms. The third-order valence-corrected chi connectivity index (χ3v) is 17.1. The third kappa shape index (κ3) is 12.6. The molecule has 8 aromatic rings. The smallest absolute Gasteiger partial charge is 0.248 e. The third-order valence-electron chi connectivity index (χ3n) is 16.2. The number of pyridine rings is 2. The van der Waals surface area contributed by atoms with Gasteiger partial charge in [0.2, 0.25) is 23.6 Å². The van der Waals surface area contributed by atoms with Gasteiger partial charge in [-0.3, -0.25) is 38.1 Å². The van der Waals surface area contributed by atoms with E-state index in [2.05, 4.69) is 92.4 Å². The van der Waals surface area contributed by atoms with E-state index in [1.54, 1.807) is 80.3 Å². The number of nitrogens with one attached hydrogen (secondary N) is 2. The van der Waals surface area contributed by atoms with Gasteiger partial charge in [0.05, 0.1) is 11.0 Å². The minimum atomic E-state index is -0.640. The molecule has 2 saturated heterocycles. The Kier molecular flexibility index (Phi) is 18.0. The molecule has 0 radical (unpaired) electrons. The predicted molar refractivity (Wildman–Crippen MR) is 335 cm³/mol. The van der Waals surface area contributed by atoms with Crippen molar-refractivity contribution in [1.29, 1.82) is 0 Å². The molecule has 4 aliphatic rings. The van der Waals surface area contributed by atoms with Gasteiger partial charge in [-0.25, -0.2) is 29.9 Å². The number of hydrogen-bond acceptors (Lipinski definition) is 16. The number of carbonyl (C=O) groups excluding carboxylic acids is 6. The number of hydrogen-bond donors (Lipinski definition) is 2. The van der Waals surface area contributed by atoms with E-state index in [0.717, 1.165) is 48.2 Å². The largest absolute Gasteiger partial charge is 0.325 e. The van der Waals surface area contributed by atoms with Crippen LogP contribution < -0.4 is 10.6 Å². The van der Waals surface area contributed by atoms with Gasteiger partial charge < -0.3 is 30.2 Å². The second kappa shape index (κ2) is 24.7. The minimum Gasteiger partial charge on any atom is -0.325 e. The summed E-state index contributed by atoms with van der Waals surface area (Å²) in [6.07, 6.45) is 9.79. The average molecular weight is 1300 g/mol. The summed E-state index contributed by atoms with van der Waals surface area (Å²) in [6, 6.07) is 20.5. The van der Waals surface area contributed by atoms with Gasteiger partial charge in [0.15, 0.2) is 11.6 Å². The standard InChI is InChI=1S/2C30H31BrN8O3.2CH4/c2*1-17(40)28-21-10-19(20-13-32-18(2)33-14-20)8-9-22(21)38(36-28)15-27(41)39-23(11-30(12-24(30)39)16-37(3)4)29(42)35-26-7-5-6-25(31)34-26;;/h2*5-10,13-14,23-24H,11-12,15-16H2,1-4H3,(H,34,35,42);2*1H4/t23-,24+,30-;23-,24-,30+;;/m00../s1. The summed E-state index contributed by atoms with van der Waals surface area (Å²) in [7, 11) is 8.02. The molecular weight excluding hydrogens is 1220 g/mol. The zero-order chi connectivity index (χ0) is 59.5. The molecule has 2 N–H and O–H groups in total. The Morgan fingerprint density at radius 3 is 1.26 bits per heavy atom. The van der Waals surface area contributed by atoms with Crippen molar-refractivity contribution in [3.05, 3.63) is 130 Å². The maximum atomic E-state index is 14.0. The lowest BCUT2D eigenvalue weighted by molar-refractivity contribution is -0.138. The lowest BCUT2D eigenvalue weighted by Crippen LogP contribution is -2.46. The fraction of sp³-hybridized carbons (Fsp3) is 0.387. The second-order valence-corrected chi connectivity index (χ2v) is 24.6. The van der Waals surface area contributed by atoms with Crippen molar-refractivity contribution in [2.24, 2.45) is 10.8 Å². The van der Waals surface area contributed by atoms with Crippen LogP contribution in [0.25, 0.3) is 44.1 Å². The van der Waals surface area contributed by atoms with Crippen molar-refractivity contribution in [3.63, 3.8) is 0 Å². The first-order chi connectivity index (χ1) is 40.1. The number of rotatable bonds is 16. The van der Waals surface area contributed by atoms with E-state index in [1.165, 1.54) is 13.8 Å². The molecule has 22 nitrogen and oxygen atoms in total. The van der Waals surface area contributed by atoms with E-state index in [1.807, 2.05) is 78.4 Å². The Labute approximate surface area is 515 Å². The summed E-state index contributed by atoms with van der Waals surface area (Å²) in [5.41, 5.74) is 4.98.